The maximum atomic E-state index is 13.8. The van der Waals surface area contributed by atoms with Crippen molar-refractivity contribution in [3.8, 4) is 0 Å². The summed E-state index contributed by atoms with van der Waals surface area (Å²) in [7, 11) is -4.03. The first-order valence-corrected chi connectivity index (χ1v) is 13.6. The van der Waals surface area contributed by atoms with Crippen LogP contribution in [-0.2, 0) is 21.3 Å². The van der Waals surface area contributed by atoms with Crippen molar-refractivity contribution in [2.45, 2.75) is 18.4 Å². The van der Waals surface area contributed by atoms with Crippen molar-refractivity contribution < 1.29 is 22.7 Å². The fourth-order valence-corrected chi connectivity index (χ4v) is 5.57. The number of rotatable bonds is 9. The number of nitrogens with zero attached hydrogens (tertiary/aromatic N) is 1. The third kappa shape index (κ3) is 6.04. The monoisotopic (exact) mass is 548 g/mol. The quantitative estimate of drug-likeness (QED) is 0.253. The molecule has 0 aliphatic carbocycles. The van der Waals surface area contributed by atoms with Crippen LogP contribution in [0.4, 0.5) is 11.4 Å². The van der Waals surface area contributed by atoms with Gasteiger partial charge in [0.1, 0.15) is 0 Å². The van der Waals surface area contributed by atoms with Crippen LogP contribution in [0.25, 0.3) is 0 Å². The highest BCUT2D eigenvalue weighted by atomic mass is 35.5. The number of carbonyl (C=O) groups is 2. The molecular formula is C29H25ClN2O5S. The van der Waals surface area contributed by atoms with Crippen LogP contribution in [0.3, 0.4) is 0 Å². The lowest BCUT2D eigenvalue weighted by Gasteiger charge is -2.26. The summed E-state index contributed by atoms with van der Waals surface area (Å²) in [4.78, 5) is 25.6. The van der Waals surface area contributed by atoms with E-state index in [1.807, 2.05) is 30.3 Å². The number of ether oxygens (including phenoxy) is 1. The van der Waals surface area contributed by atoms with Crippen LogP contribution in [0, 0.1) is 0 Å². The lowest BCUT2D eigenvalue weighted by Crippen LogP contribution is -2.32. The standard InChI is InChI=1S/C29H25ClN2O5S/c1-2-37-29(34)24-18-17-22(19-26(24)30)31-28(33)25-15-9-10-16-27(25)32(20-21-11-5-3-6-12-21)38(35,36)23-13-7-4-8-14-23/h3-19H,2,20H2,1H3,(H,31,33). The van der Waals surface area contributed by atoms with Gasteiger partial charge < -0.3 is 10.1 Å². The summed E-state index contributed by atoms with van der Waals surface area (Å²) in [5, 5.41) is 2.87. The van der Waals surface area contributed by atoms with Crippen LogP contribution in [0.15, 0.2) is 108 Å². The lowest BCUT2D eigenvalue weighted by molar-refractivity contribution is 0.0526. The van der Waals surface area contributed by atoms with Crippen molar-refractivity contribution in [3.63, 3.8) is 0 Å². The summed E-state index contributed by atoms with van der Waals surface area (Å²) in [5.41, 5.74) is 1.63. The van der Waals surface area contributed by atoms with Gasteiger partial charge in [0.2, 0.25) is 0 Å². The van der Waals surface area contributed by atoms with Crippen LogP contribution >= 0.6 is 11.6 Å². The van der Waals surface area contributed by atoms with E-state index in [-0.39, 0.29) is 39.9 Å². The summed E-state index contributed by atoms with van der Waals surface area (Å²) >= 11 is 6.25. The number of nitrogens with one attached hydrogen (secondary N) is 1. The van der Waals surface area contributed by atoms with Gasteiger partial charge in [0.25, 0.3) is 15.9 Å². The smallest absolute Gasteiger partial charge is 0.339 e. The first-order valence-electron chi connectivity index (χ1n) is 11.8. The Balaban J connectivity index is 1.71. The summed E-state index contributed by atoms with van der Waals surface area (Å²) < 4.78 is 33.8. The van der Waals surface area contributed by atoms with E-state index in [0.29, 0.717) is 5.69 Å². The van der Waals surface area contributed by atoms with E-state index in [1.54, 1.807) is 49.4 Å². The van der Waals surface area contributed by atoms with Crippen molar-refractivity contribution in [1.29, 1.82) is 0 Å². The Kier molecular flexibility index (Phi) is 8.45. The average Bonchev–Trinajstić information content (AvgIpc) is 2.93. The molecule has 4 rings (SSSR count). The van der Waals surface area contributed by atoms with Crippen LogP contribution < -0.4 is 9.62 Å². The van der Waals surface area contributed by atoms with Crippen molar-refractivity contribution in [2.75, 3.05) is 16.2 Å². The first-order chi connectivity index (χ1) is 18.3. The van der Waals surface area contributed by atoms with E-state index in [9.17, 15) is 18.0 Å². The van der Waals surface area contributed by atoms with Crippen LogP contribution in [0.5, 0.6) is 0 Å². The Labute approximate surface area is 226 Å². The molecule has 0 unspecified atom stereocenters. The molecule has 4 aromatic rings. The zero-order chi connectivity index (χ0) is 27.1. The van der Waals surface area contributed by atoms with Crippen molar-refractivity contribution in [1.82, 2.24) is 0 Å². The van der Waals surface area contributed by atoms with Gasteiger partial charge in [0.15, 0.2) is 0 Å². The van der Waals surface area contributed by atoms with Gasteiger partial charge in [-0.1, -0.05) is 72.3 Å². The molecule has 7 nitrogen and oxygen atoms in total. The van der Waals surface area contributed by atoms with E-state index in [0.717, 1.165) is 5.56 Å². The van der Waals surface area contributed by atoms with E-state index < -0.39 is 21.9 Å². The Morgan fingerprint density at radius 2 is 1.47 bits per heavy atom. The predicted molar refractivity (Wildman–Crippen MR) is 148 cm³/mol. The minimum absolute atomic E-state index is 0.0163. The molecule has 0 heterocycles. The fourth-order valence-electron chi connectivity index (χ4n) is 3.82. The molecule has 9 heteroatoms. The Morgan fingerprint density at radius 3 is 2.13 bits per heavy atom. The predicted octanol–water partition coefficient (Wildman–Crippen LogP) is 6.16. The second-order valence-corrected chi connectivity index (χ2v) is 10.5. The van der Waals surface area contributed by atoms with E-state index in [4.69, 9.17) is 16.3 Å². The highest BCUT2D eigenvalue weighted by Crippen LogP contribution is 2.30. The van der Waals surface area contributed by atoms with Gasteiger partial charge in [0.05, 0.1) is 39.9 Å². The minimum Gasteiger partial charge on any atom is -0.462 e. The molecule has 0 saturated heterocycles. The average molecular weight is 549 g/mol. The van der Waals surface area contributed by atoms with Gasteiger partial charge in [-0.25, -0.2) is 13.2 Å². The lowest BCUT2D eigenvalue weighted by atomic mass is 10.1. The molecule has 0 aromatic heterocycles. The van der Waals surface area contributed by atoms with Crippen molar-refractivity contribution in [2.24, 2.45) is 0 Å². The molecule has 194 valence electrons. The van der Waals surface area contributed by atoms with Crippen molar-refractivity contribution in [3.05, 3.63) is 125 Å². The second kappa shape index (κ2) is 11.9. The molecular weight excluding hydrogens is 524 g/mol. The minimum atomic E-state index is -4.03. The molecule has 1 N–H and O–H groups in total. The van der Waals surface area contributed by atoms with E-state index in [1.165, 1.54) is 34.6 Å². The molecule has 0 bridgehead atoms. The molecule has 0 saturated carbocycles. The molecule has 0 radical (unpaired) electrons. The SMILES string of the molecule is CCOC(=O)c1ccc(NC(=O)c2ccccc2N(Cc2ccccc2)S(=O)(=O)c2ccccc2)cc1Cl. The zero-order valence-corrected chi connectivity index (χ0v) is 22.1. The number of anilines is 2. The number of hydrogen-bond donors (Lipinski definition) is 1. The first kappa shape index (κ1) is 26.9. The topological polar surface area (TPSA) is 92.8 Å². The molecule has 0 spiro atoms. The van der Waals surface area contributed by atoms with Gasteiger partial charge in [-0.3, -0.25) is 9.10 Å². The molecule has 0 atom stereocenters. The third-order valence-corrected chi connectivity index (χ3v) is 7.73. The van der Waals surface area contributed by atoms with E-state index >= 15 is 0 Å². The molecule has 4 aromatic carbocycles. The molecule has 38 heavy (non-hydrogen) atoms. The number of amides is 1. The largest absolute Gasteiger partial charge is 0.462 e. The molecule has 0 aliphatic heterocycles. The normalized spacial score (nSPS) is 11.0. The highest BCUT2D eigenvalue weighted by molar-refractivity contribution is 7.92. The van der Waals surface area contributed by atoms with E-state index in [2.05, 4.69) is 5.32 Å². The van der Waals surface area contributed by atoms with Crippen LogP contribution in [0.2, 0.25) is 5.02 Å². The summed E-state index contributed by atoms with van der Waals surface area (Å²) in [6.45, 7) is 1.91. The Hall–Kier alpha value is -4.14. The van der Waals surface area contributed by atoms with Crippen molar-refractivity contribution >= 4 is 44.9 Å². The number of sulfonamides is 1. The number of carbonyl (C=O) groups excluding carboxylic acids is 2. The fraction of sp³-hybridized carbons (Fsp3) is 0.103. The van der Waals surface area contributed by atoms with Gasteiger partial charge >= 0.3 is 5.97 Å². The summed E-state index contributed by atoms with van der Waals surface area (Å²) in [5.74, 6) is -1.11. The maximum absolute atomic E-state index is 13.8. The Bertz CT molecular complexity index is 1540. The van der Waals surface area contributed by atoms with Gasteiger partial charge in [-0.2, -0.15) is 0 Å². The zero-order valence-electron chi connectivity index (χ0n) is 20.5. The third-order valence-electron chi connectivity index (χ3n) is 5.64. The molecule has 0 aliphatic rings. The number of para-hydroxylation sites is 1. The summed E-state index contributed by atoms with van der Waals surface area (Å²) in [6, 6.07) is 28.1. The van der Waals surface area contributed by atoms with Crippen LogP contribution in [-0.4, -0.2) is 26.9 Å². The number of hydrogen-bond acceptors (Lipinski definition) is 5. The number of halogens is 1. The molecule has 1 amide bonds. The molecule has 0 fully saturated rings. The van der Waals surface area contributed by atoms with Gasteiger partial charge in [0, 0.05) is 5.69 Å². The number of benzene rings is 4. The Morgan fingerprint density at radius 1 is 0.842 bits per heavy atom. The van der Waals surface area contributed by atoms with Gasteiger partial charge in [-0.05, 0) is 55.0 Å². The second-order valence-electron chi connectivity index (χ2n) is 8.20. The van der Waals surface area contributed by atoms with Gasteiger partial charge in [-0.15, -0.1) is 0 Å². The maximum Gasteiger partial charge on any atom is 0.339 e. The van der Waals surface area contributed by atoms with Crippen LogP contribution in [0.1, 0.15) is 33.2 Å². The highest BCUT2D eigenvalue weighted by Gasteiger charge is 2.28. The summed E-state index contributed by atoms with van der Waals surface area (Å²) in [6.07, 6.45) is 0. The number of esters is 1.